The molecule has 0 N–H and O–H groups in total. The zero-order valence-corrected chi connectivity index (χ0v) is 33.6. The number of pyridine rings is 3. The molecular weight excluding hydrogens is 839 g/mol. The summed E-state index contributed by atoms with van der Waals surface area (Å²) in [6, 6.07) is 44.0. The maximum atomic E-state index is 6.48. The first-order valence-corrected chi connectivity index (χ1v) is 18.7. The van der Waals surface area contributed by atoms with Crippen LogP contribution in [0.4, 0.5) is 0 Å². The first-order valence-electron chi connectivity index (χ1n) is 18.7. The van der Waals surface area contributed by atoms with Gasteiger partial charge in [0.15, 0.2) is 0 Å². The smallest absolute Gasteiger partial charge is 0.216 e. The van der Waals surface area contributed by atoms with Crippen molar-refractivity contribution >= 4 is 22.1 Å². The summed E-state index contributed by atoms with van der Waals surface area (Å²) in [7, 11) is 0. The fourth-order valence-electron chi connectivity index (χ4n) is 7.84. The fraction of sp³-hybridized carbons (Fsp3) is 0.204. The Labute approximate surface area is 332 Å². The number of benzene rings is 4. The normalized spacial score (nSPS) is 13.0. The van der Waals surface area contributed by atoms with Crippen LogP contribution in [0.15, 0.2) is 126 Å². The monoisotopic (exact) mass is 882 g/mol. The quantitative estimate of drug-likeness (QED) is 0.162. The molecular formula is C49H43IrN3O-2. The van der Waals surface area contributed by atoms with Gasteiger partial charge in [0.2, 0.25) is 5.71 Å². The summed E-state index contributed by atoms with van der Waals surface area (Å²) in [6.07, 6.45) is 10.5. The molecule has 0 bridgehead atoms. The van der Waals surface area contributed by atoms with Crippen LogP contribution in [-0.4, -0.2) is 15.0 Å². The number of aromatic nitrogens is 3. The zero-order chi connectivity index (χ0) is 36.3. The summed E-state index contributed by atoms with van der Waals surface area (Å²) in [4.78, 5) is 14.3. The molecule has 1 fully saturated rings. The van der Waals surface area contributed by atoms with E-state index >= 15 is 0 Å². The third-order valence-corrected chi connectivity index (χ3v) is 10.5. The van der Waals surface area contributed by atoms with Crippen LogP contribution in [-0.2, 0) is 20.1 Å². The molecule has 271 valence electrons. The van der Waals surface area contributed by atoms with Crippen LogP contribution in [0.2, 0.25) is 0 Å². The summed E-state index contributed by atoms with van der Waals surface area (Å²) in [5.41, 5.74) is 16.1. The van der Waals surface area contributed by atoms with E-state index in [2.05, 4.69) is 117 Å². The summed E-state index contributed by atoms with van der Waals surface area (Å²) in [5, 5.41) is 2.06. The summed E-state index contributed by atoms with van der Waals surface area (Å²) >= 11 is 0. The van der Waals surface area contributed by atoms with Crippen molar-refractivity contribution in [3.05, 3.63) is 162 Å². The molecule has 9 rings (SSSR count). The molecule has 54 heavy (non-hydrogen) atoms. The number of fused-ring (bicyclic) bond motifs is 3. The number of furan rings is 1. The van der Waals surface area contributed by atoms with E-state index in [1.165, 1.54) is 71.0 Å². The van der Waals surface area contributed by atoms with Gasteiger partial charge >= 0.3 is 0 Å². The molecule has 4 heterocycles. The Morgan fingerprint density at radius 1 is 0.611 bits per heavy atom. The molecule has 4 aromatic heterocycles. The van der Waals surface area contributed by atoms with Gasteiger partial charge in [0.25, 0.3) is 0 Å². The molecule has 1 saturated carbocycles. The van der Waals surface area contributed by atoms with Gasteiger partial charge in [0, 0.05) is 43.4 Å². The molecule has 0 saturated heterocycles. The van der Waals surface area contributed by atoms with E-state index in [0.717, 1.165) is 50.1 Å². The van der Waals surface area contributed by atoms with Crippen molar-refractivity contribution in [1.29, 1.82) is 0 Å². The number of nitrogens with zero attached hydrogens (tertiary/aromatic N) is 3. The summed E-state index contributed by atoms with van der Waals surface area (Å²) in [5.74, 6) is 0.637. The molecule has 1 aliphatic carbocycles. The van der Waals surface area contributed by atoms with E-state index in [-0.39, 0.29) is 20.1 Å². The van der Waals surface area contributed by atoms with E-state index in [1.807, 2.05) is 49.5 Å². The van der Waals surface area contributed by atoms with Crippen molar-refractivity contribution in [2.75, 3.05) is 0 Å². The van der Waals surface area contributed by atoms with Crippen LogP contribution >= 0.6 is 0 Å². The van der Waals surface area contributed by atoms with Gasteiger partial charge in [-0.1, -0.05) is 96.4 Å². The van der Waals surface area contributed by atoms with Crippen LogP contribution in [0.3, 0.4) is 0 Å². The fourth-order valence-corrected chi connectivity index (χ4v) is 7.84. The zero-order valence-electron chi connectivity index (χ0n) is 31.2. The first kappa shape index (κ1) is 37.1. The second kappa shape index (κ2) is 16.4. The molecule has 0 unspecified atom stereocenters. The molecule has 0 atom stereocenters. The van der Waals surface area contributed by atoms with Crippen LogP contribution in [0.25, 0.3) is 67.0 Å². The van der Waals surface area contributed by atoms with Crippen molar-refractivity contribution in [1.82, 2.24) is 15.0 Å². The van der Waals surface area contributed by atoms with Gasteiger partial charge in [-0.3, -0.25) is 0 Å². The number of hydrogen-bond donors (Lipinski definition) is 0. The molecule has 4 nitrogen and oxygen atoms in total. The van der Waals surface area contributed by atoms with E-state index in [0.29, 0.717) is 11.6 Å². The second-order valence-corrected chi connectivity index (χ2v) is 14.4. The van der Waals surface area contributed by atoms with Crippen LogP contribution < -0.4 is 0 Å². The molecule has 1 aliphatic rings. The van der Waals surface area contributed by atoms with E-state index in [9.17, 15) is 0 Å². The molecule has 0 aliphatic heterocycles. The van der Waals surface area contributed by atoms with Crippen molar-refractivity contribution in [3.8, 4) is 44.9 Å². The molecule has 5 heteroatoms. The van der Waals surface area contributed by atoms with Gasteiger partial charge < -0.3 is 14.4 Å². The van der Waals surface area contributed by atoms with Crippen LogP contribution in [0.1, 0.15) is 65.8 Å². The van der Waals surface area contributed by atoms with E-state index in [4.69, 9.17) is 14.4 Å². The Morgan fingerprint density at radius 3 is 2.06 bits per heavy atom. The predicted molar refractivity (Wildman–Crippen MR) is 218 cm³/mol. The first-order chi connectivity index (χ1) is 25.9. The minimum atomic E-state index is 0. The van der Waals surface area contributed by atoms with Crippen molar-refractivity contribution in [2.24, 2.45) is 0 Å². The topological polar surface area (TPSA) is 51.8 Å². The predicted octanol–water partition coefficient (Wildman–Crippen LogP) is 13.0. The third-order valence-electron chi connectivity index (χ3n) is 10.5. The van der Waals surface area contributed by atoms with Crippen LogP contribution in [0, 0.1) is 39.8 Å². The SMILES string of the molecule is Cc1cc(-c2[c-]ccc3c2oc2nc(-c4c(C)cc(-c5ccccc5)cc4C)ccc23)ncc1C1CCCCC1.Cc1ccc(-c2[c-]cccc2)nc1.[Ir]. The second-order valence-electron chi connectivity index (χ2n) is 14.4. The van der Waals surface area contributed by atoms with Gasteiger partial charge in [-0.2, -0.15) is 0 Å². The number of aryl methyl sites for hydroxylation is 4. The molecule has 8 aromatic rings. The standard InChI is InChI=1S/C37H33N2O.C12H10N.Ir/c1-23-21-34(38-22-32(23)27-13-8-5-9-14-27)31-16-10-15-29-30-17-18-33(39-37(30)40-36(29)31)35-24(2)19-28(20-25(35)3)26-11-6-4-7-12-26;1-10-7-8-12(13-9-10)11-5-3-2-4-6-11;/h4,6-7,10-12,15,17-22,27H,5,8-9,13-14H2,1-3H3;2-5,7-9H,1H3;/q2*-1;. The molecule has 0 spiro atoms. The van der Waals surface area contributed by atoms with E-state index in [1.54, 1.807) is 0 Å². The largest absolute Gasteiger partial charge is 0.486 e. The average Bonchev–Trinajstić information content (AvgIpc) is 3.57. The molecule has 0 amide bonds. The minimum absolute atomic E-state index is 0. The van der Waals surface area contributed by atoms with Crippen molar-refractivity contribution < 1.29 is 24.5 Å². The Bertz CT molecular complexity index is 2500. The Hall–Kier alpha value is -5.22. The minimum Gasteiger partial charge on any atom is -0.486 e. The summed E-state index contributed by atoms with van der Waals surface area (Å²) < 4.78 is 6.48. The maximum Gasteiger partial charge on any atom is 0.216 e. The van der Waals surface area contributed by atoms with Crippen LogP contribution in [0.5, 0.6) is 0 Å². The van der Waals surface area contributed by atoms with Crippen molar-refractivity contribution in [2.45, 2.75) is 65.7 Å². The van der Waals surface area contributed by atoms with Crippen molar-refractivity contribution in [3.63, 3.8) is 0 Å². The van der Waals surface area contributed by atoms with E-state index < -0.39 is 0 Å². The van der Waals surface area contributed by atoms with Gasteiger partial charge in [-0.05, 0) is 103 Å². The Balaban J connectivity index is 0.000000272. The number of rotatable bonds is 5. The molecule has 4 aromatic carbocycles. The maximum absolute atomic E-state index is 6.48. The summed E-state index contributed by atoms with van der Waals surface area (Å²) in [6.45, 7) is 8.58. The molecule has 1 radical (unpaired) electrons. The Kier molecular flexibility index (Phi) is 11.3. The van der Waals surface area contributed by atoms with Gasteiger partial charge in [-0.25, -0.2) is 4.98 Å². The Morgan fingerprint density at radius 2 is 1.35 bits per heavy atom. The van der Waals surface area contributed by atoms with Gasteiger partial charge in [0.05, 0.1) is 11.3 Å². The van der Waals surface area contributed by atoms with Gasteiger partial charge in [0.1, 0.15) is 0 Å². The number of hydrogen-bond acceptors (Lipinski definition) is 4. The van der Waals surface area contributed by atoms with Gasteiger partial charge in [-0.15, -0.1) is 54.1 Å². The average molecular weight is 882 g/mol. The third kappa shape index (κ3) is 7.71.